The number of nitrogens with one attached hydrogen (secondary N) is 2. The van der Waals surface area contributed by atoms with Crippen molar-refractivity contribution in [2.75, 3.05) is 0 Å². The summed E-state index contributed by atoms with van der Waals surface area (Å²) in [7, 11) is 0. The number of hydrogen-bond acceptors (Lipinski definition) is 2. The highest BCUT2D eigenvalue weighted by atomic mass is 35.5. The number of hydrogen-bond donors (Lipinski definition) is 2. The molecular formula is C20H27ClN2O. The summed E-state index contributed by atoms with van der Waals surface area (Å²) in [6.07, 6.45) is 10.0. The number of amides is 1. The van der Waals surface area contributed by atoms with Crippen LogP contribution in [0.15, 0.2) is 24.3 Å². The lowest BCUT2D eigenvalue weighted by Gasteiger charge is -2.33. The van der Waals surface area contributed by atoms with Gasteiger partial charge in [0.2, 0.25) is 5.91 Å². The molecule has 4 heteroatoms. The average Bonchev–Trinajstić information content (AvgIpc) is 3.15. The molecule has 2 bridgehead atoms. The molecule has 1 aromatic rings. The summed E-state index contributed by atoms with van der Waals surface area (Å²) < 4.78 is 0. The third-order valence-corrected chi connectivity index (χ3v) is 6.53. The van der Waals surface area contributed by atoms with Crippen molar-refractivity contribution >= 4 is 17.5 Å². The van der Waals surface area contributed by atoms with Crippen LogP contribution < -0.4 is 10.6 Å². The van der Waals surface area contributed by atoms with Crippen molar-refractivity contribution in [3.63, 3.8) is 0 Å². The van der Waals surface area contributed by atoms with Crippen LogP contribution in [-0.2, 0) is 10.3 Å². The Morgan fingerprint density at radius 3 is 2.38 bits per heavy atom. The molecule has 3 nitrogen and oxygen atoms in total. The van der Waals surface area contributed by atoms with E-state index in [1.165, 1.54) is 31.2 Å². The van der Waals surface area contributed by atoms with Gasteiger partial charge in [0.1, 0.15) is 0 Å². The molecule has 0 spiro atoms. The van der Waals surface area contributed by atoms with Gasteiger partial charge in [-0.15, -0.1) is 0 Å². The summed E-state index contributed by atoms with van der Waals surface area (Å²) in [6, 6.07) is 9.34. The van der Waals surface area contributed by atoms with Crippen LogP contribution in [0.5, 0.6) is 0 Å². The second kappa shape index (κ2) is 6.68. The van der Waals surface area contributed by atoms with Crippen LogP contribution in [0.2, 0.25) is 5.02 Å². The zero-order valence-corrected chi connectivity index (χ0v) is 14.9. The fraction of sp³-hybridized carbons (Fsp3) is 0.650. The van der Waals surface area contributed by atoms with E-state index in [1.54, 1.807) is 0 Å². The molecule has 1 saturated carbocycles. The van der Waals surface area contributed by atoms with Crippen molar-refractivity contribution in [2.45, 2.75) is 75.4 Å². The summed E-state index contributed by atoms with van der Waals surface area (Å²) >= 11 is 6.04. The molecule has 2 N–H and O–H groups in total. The van der Waals surface area contributed by atoms with Gasteiger partial charge in [0.05, 0.1) is 5.54 Å². The molecule has 0 aromatic heterocycles. The second-order valence-electron chi connectivity index (χ2n) is 8.02. The molecule has 130 valence electrons. The standard InChI is InChI=1S/C20H27ClN2O/c21-16-5-3-15(4-6-16)20(9-1-2-10-20)23-19(24)13-14-11-17-7-8-18(12-14)22-17/h3-6,14,17-18,22H,1-2,7-13H2,(H,23,24). The van der Waals surface area contributed by atoms with Crippen LogP contribution in [0.3, 0.4) is 0 Å². The summed E-state index contributed by atoms with van der Waals surface area (Å²) in [5.74, 6) is 0.783. The molecule has 24 heavy (non-hydrogen) atoms. The molecule has 1 amide bonds. The summed E-state index contributed by atoms with van der Waals surface area (Å²) in [4.78, 5) is 12.8. The van der Waals surface area contributed by atoms with Crippen molar-refractivity contribution in [3.05, 3.63) is 34.9 Å². The van der Waals surface area contributed by atoms with E-state index in [-0.39, 0.29) is 11.4 Å². The Bertz CT molecular complexity index is 582. The highest BCUT2D eigenvalue weighted by Gasteiger charge is 2.39. The number of piperidine rings is 1. The highest BCUT2D eigenvalue weighted by Crippen LogP contribution is 2.40. The molecule has 2 saturated heterocycles. The molecule has 3 fully saturated rings. The first-order chi connectivity index (χ1) is 11.6. The molecule has 1 aromatic carbocycles. The van der Waals surface area contributed by atoms with Gasteiger partial charge in [0, 0.05) is 23.5 Å². The monoisotopic (exact) mass is 346 g/mol. The molecule has 4 rings (SSSR count). The van der Waals surface area contributed by atoms with Crippen molar-refractivity contribution in [2.24, 2.45) is 5.92 Å². The number of rotatable bonds is 4. The summed E-state index contributed by atoms with van der Waals surface area (Å²) in [5.41, 5.74) is 1.04. The zero-order valence-electron chi connectivity index (χ0n) is 14.2. The molecule has 2 aliphatic heterocycles. The third kappa shape index (κ3) is 3.34. The van der Waals surface area contributed by atoms with E-state index >= 15 is 0 Å². The normalized spacial score (nSPS) is 31.1. The van der Waals surface area contributed by atoms with Gasteiger partial charge in [-0.05, 0) is 62.1 Å². The average molecular weight is 347 g/mol. The van der Waals surface area contributed by atoms with Crippen LogP contribution in [0, 0.1) is 5.92 Å². The predicted molar refractivity (Wildman–Crippen MR) is 97.0 cm³/mol. The van der Waals surface area contributed by atoms with Gasteiger partial charge in [-0.25, -0.2) is 0 Å². The highest BCUT2D eigenvalue weighted by molar-refractivity contribution is 6.30. The topological polar surface area (TPSA) is 41.1 Å². The Hall–Kier alpha value is -1.06. The van der Waals surface area contributed by atoms with Gasteiger partial charge in [-0.2, -0.15) is 0 Å². The Kier molecular flexibility index (Phi) is 4.57. The molecule has 1 aliphatic carbocycles. The zero-order chi connectivity index (χ0) is 16.6. The van der Waals surface area contributed by atoms with E-state index in [1.807, 2.05) is 12.1 Å². The Balaban J connectivity index is 1.43. The minimum Gasteiger partial charge on any atom is -0.347 e. The van der Waals surface area contributed by atoms with Crippen LogP contribution in [0.4, 0.5) is 0 Å². The SMILES string of the molecule is O=C(CC1CC2CCC(C1)N2)NC1(c2ccc(Cl)cc2)CCCC1. The number of carbonyl (C=O) groups excluding carboxylic acids is 1. The lowest BCUT2D eigenvalue weighted by Crippen LogP contribution is -2.45. The Morgan fingerprint density at radius 1 is 1.12 bits per heavy atom. The lowest BCUT2D eigenvalue weighted by atomic mass is 9.86. The van der Waals surface area contributed by atoms with Gasteiger partial charge < -0.3 is 10.6 Å². The molecule has 3 aliphatic rings. The van der Waals surface area contributed by atoms with Gasteiger partial charge >= 0.3 is 0 Å². The maximum absolute atomic E-state index is 12.8. The Labute approximate surface area is 149 Å². The van der Waals surface area contributed by atoms with Crippen molar-refractivity contribution in [3.8, 4) is 0 Å². The van der Waals surface area contributed by atoms with Gasteiger partial charge in [-0.3, -0.25) is 4.79 Å². The molecule has 2 heterocycles. The van der Waals surface area contributed by atoms with Crippen molar-refractivity contribution in [1.82, 2.24) is 10.6 Å². The summed E-state index contributed by atoms with van der Waals surface area (Å²) in [5, 5.41) is 7.84. The summed E-state index contributed by atoms with van der Waals surface area (Å²) in [6.45, 7) is 0. The van der Waals surface area contributed by atoms with Crippen LogP contribution in [0.25, 0.3) is 0 Å². The first kappa shape index (κ1) is 16.4. The lowest BCUT2D eigenvalue weighted by molar-refractivity contribution is -0.124. The van der Waals surface area contributed by atoms with Crippen LogP contribution in [-0.4, -0.2) is 18.0 Å². The van der Waals surface area contributed by atoms with Crippen molar-refractivity contribution < 1.29 is 4.79 Å². The van der Waals surface area contributed by atoms with Gasteiger partial charge in [-0.1, -0.05) is 36.6 Å². The quantitative estimate of drug-likeness (QED) is 0.860. The van der Waals surface area contributed by atoms with E-state index in [0.29, 0.717) is 24.4 Å². The second-order valence-corrected chi connectivity index (χ2v) is 8.46. The smallest absolute Gasteiger partial charge is 0.220 e. The number of benzene rings is 1. The first-order valence-electron chi connectivity index (χ1n) is 9.46. The van der Waals surface area contributed by atoms with E-state index in [0.717, 1.165) is 30.7 Å². The van der Waals surface area contributed by atoms with E-state index in [4.69, 9.17) is 11.6 Å². The van der Waals surface area contributed by atoms with Gasteiger partial charge in [0.25, 0.3) is 0 Å². The van der Waals surface area contributed by atoms with E-state index in [2.05, 4.69) is 22.8 Å². The molecule has 2 atom stereocenters. The Morgan fingerprint density at radius 2 is 1.75 bits per heavy atom. The first-order valence-corrected chi connectivity index (χ1v) is 9.84. The molecule has 2 unspecified atom stereocenters. The largest absolute Gasteiger partial charge is 0.347 e. The molecular weight excluding hydrogens is 320 g/mol. The van der Waals surface area contributed by atoms with Gasteiger partial charge in [0.15, 0.2) is 0 Å². The third-order valence-electron chi connectivity index (χ3n) is 6.28. The minimum absolute atomic E-state index is 0.173. The van der Waals surface area contributed by atoms with Crippen LogP contribution >= 0.6 is 11.6 Å². The maximum atomic E-state index is 12.8. The number of halogens is 1. The fourth-order valence-corrected chi connectivity index (χ4v) is 5.28. The number of carbonyl (C=O) groups is 1. The number of fused-ring (bicyclic) bond motifs is 2. The molecule has 0 radical (unpaired) electrons. The maximum Gasteiger partial charge on any atom is 0.220 e. The predicted octanol–water partition coefficient (Wildman–Crippen LogP) is 4.15. The van der Waals surface area contributed by atoms with E-state index in [9.17, 15) is 4.79 Å². The minimum atomic E-state index is -0.173. The fourth-order valence-electron chi connectivity index (χ4n) is 5.16. The van der Waals surface area contributed by atoms with E-state index < -0.39 is 0 Å². The van der Waals surface area contributed by atoms with Crippen LogP contribution in [0.1, 0.15) is 63.4 Å². The van der Waals surface area contributed by atoms with Crippen molar-refractivity contribution in [1.29, 1.82) is 0 Å².